The second-order valence-corrected chi connectivity index (χ2v) is 11.5. The number of aryl methyl sites for hydroxylation is 1. The fourth-order valence-corrected chi connectivity index (χ4v) is 5.97. The second-order valence-electron chi connectivity index (χ2n) is 9.24. The highest BCUT2D eigenvalue weighted by Crippen LogP contribution is 2.25. The monoisotopic (exact) mass is 525 g/mol. The molecule has 1 aliphatic heterocycles. The number of hydrogen-bond acceptors (Lipinski definition) is 4. The summed E-state index contributed by atoms with van der Waals surface area (Å²) in [5.74, 6) is -0.379. The van der Waals surface area contributed by atoms with Gasteiger partial charge in [-0.1, -0.05) is 54.4 Å². The van der Waals surface area contributed by atoms with Gasteiger partial charge in [0.1, 0.15) is 6.54 Å². The summed E-state index contributed by atoms with van der Waals surface area (Å²) in [6.07, 6.45) is 3.79. The van der Waals surface area contributed by atoms with E-state index in [2.05, 4.69) is 22.3 Å². The summed E-state index contributed by atoms with van der Waals surface area (Å²) in [6, 6.07) is 21.3. The number of benzene rings is 3. The molecule has 0 unspecified atom stereocenters. The van der Waals surface area contributed by atoms with Crippen LogP contribution >= 0.6 is 11.6 Å². The zero-order chi connectivity index (χ0) is 25.5. The minimum atomic E-state index is -3.98. The number of nitrogens with zero attached hydrogens (tertiary/aromatic N) is 2. The molecule has 0 bridgehead atoms. The summed E-state index contributed by atoms with van der Waals surface area (Å²) in [6.45, 7) is 5.03. The standard InChI is InChI=1S/C28H32ClN3O3S/c1-22-7-5-10-26(17-22)32(36(34,35)27-13-11-25(29)12-14-27)21-28(33)30-19-23-8-6-9-24(18-23)20-31-15-3-2-4-16-31/h5-14,17-18H,2-4,15-16,19-21H2,1H3,(H,30,33). The Balaban J connectivity index is 1.47. The van der Waals surface area contributed by atoms with Gasteiger partial charge in [-0.25, -0.2) is 8.42 Å². The molecule has 8 heteroatoms. The van der Waals surface area contributed by atoms with Crippen molar-refractivity contribution < 1.29 is 13.2 Å². The largest absolute Gasteiger partial charge is 0.350 e. The molecule has 1 fully saturated rings. The molecule has 1 heterocycles. The first-order chi connectivity index (χ1) is 17.3. The number of likely N-dealkylation sites (tertiary alicyclic amines) is 1. The lowest BCUT2D eigenvalue weighted by atomic mass is 10.1. The van der Waals surface area contributed by atoms with Crippen LogP contribution in [-0.2, 0) is 27.9 Å². The van der Waals surface area contributed by atoms with E-state index in [1.165, 1.54) is 49.1 Å². The Bertz CT molecular complexity index is 1290. The highest BCUT2D eigenvalue weighted by Gasteiger charge is 2.27. The van der Waals surface area contributed by atoms with E-state index in [1.54, 1.807) is 18.2 Å². The van der Waals surface area contributed by atoms with E-state index in [9.17, 15) is 13.2 Å². The van der Waals surface area contributed by atoms with Crippen LogP contribution in [0.2, 0.25) is 5.02 Å². The first kappa shape index (κ1) is 26.2. The van der Waals surface area contributed by atoms with E-state index >= 15 is 0 Å². The lowest BCUT2D eigenvalue weighted by molar-refractivity contribution is -0.119. The lowest BCUT2D eigenvalue weighted by Crippen LogP contribution is -2.40. The third kappa shape index (κ3) is 6.87. The normalized spacial score (nSPS) is 14.4. The number of hydrogen-bond donors (Lipinski definition) is 1. The summed E-state index contributed by atoms with van der Waals surface area (Å²) in [4.78, 5) is 15.5. The van der Waals surface area contributed by atoms with Crippen molar-refractivity contribution >= 4 is 33.2 Å². The number of rotatable bonds is 9. The zero-order valence-corrected chi connectivity index (χ0v) is 22.1. The average molecular weight is 526 g/mol. The Morgan fingerprint density at radius 3 is 2.36 bits per heavy atom. The fraction of sp³-hybridized carbons (Fsp3) is 0.321. The van der Waals surface area contributed by atoms with Crippen LogP contribution in [0.4, 0.5) is 5.69 Å². The molecule has 36 heavy (non-hydrogen) atoms. The molecule has 190 valence electrons. The minimum absolute atomic E-state index is 0.0756. The maximum Gasteiger partial charge on any atom is 0.264 e. The molecule has 0 atom stereocenters. The van der Waals surface area contributed by atoms with E-state index in [0.29, 0.717) is 17.3 Å². The quantitative estimate of drug-likeness (QED) is 0.419. The number of sulfonamides is 1. The summed E-state index contributed by atoms with van der Waals surface area (Å²) in [5, 5.41) is 3.34. The van der Waals surface area contributed by atoms with E-state index in [-0.39, 0.29) is 17.3 Å². The highest BCUT2D eigenvalue weighted by molar-refractivity contribution is 7.92. The Hall–Kier alpha value is -2.87. The first-order valence-corrected chi connectivity index (χ1v) is 14.0. The Morgan fingerprint density at radius 1 is 0.944 bits per heavy atom. The summed E-state index contributed by atoms with van der Waals surface area (Å²) in [7, 11) is -3.98. The van der Waals surface area contributed by atoms with Crippen molar-refractivity contribution in [2.45, 2.75) is 44.2 Å². The van der Waals surface area contributed by atoms with Gasteiger partial charge in [-0.2, -0.15) is 0 Å². The maximum absolute atomic E-state index is 13.5. The van der Waals surface area contributed by atoms with Crippen LogP contribution in [0.5, 0.6) is 0 Å². The van der Waals surface area contributed by atoms with Crippen LogP contribution in [0.1, 0.15) is 36.0 Å². The number of piperidine rings is 1. The van der Waals surface area contributed by atoms with Gasteiger partial charge in [-0.05, 0) is 85.9 Å². The third-order valence-electron chi connectivity index (χ3n) is 6.31. The molecule has 1 aliphatic rings. The number of nitrogens with one attached hydrogen (secondary N) is 1. The molecule has 4 rings (SSSR count). The van der Waals surface area contributed by atoms with Gasteiger partial charge in [0.25, 0.3) is 10.0 Å². The van der Waals surface area contributed by atoms with E-state index in [4.69, 9.17) is 11.6 Å². The van der Waals surface area contributed by atoms with Gasteiger partial charge in [0.15, 0.2) is 0 Å². The van der Waals surface area contributed by atoms with Gasteiger partial charge in [0.05, 0.1) is 10.6 Å². The molecule has 0 saturated carbocycles. The Labute approximate surface area is 218 Å². The molecule has 3 aromatic carbocycles. The molecule has 1 N–H and O–H groups in total. The SMILES string of the molecule is Cc1cccc(N(CC(=O)NCc2cccc(CN3CCCCC3)c2)S(=O)(=O)c2ccc(Cl)cc2)c1. The van der Waals surface area contributed by atoms with Crippen LogP contribution < -0.4 is 9.62 Å². The number of carbonyl (C=O) groups excluding carboxylic acids is 1. The zero-order valence-electron chi connectivity index (χ0n) is 20.5. The molecule has 3 aromatic rings. The number of halogens is 1. The molecule has 1 saturated heterocycles. The van der Waals surface area contributed by atoms with Crippen molar-refractivity contribution in [1.82, 2.24) is 10.2 Å². The van der Waals surface area contributed by atoms with Crippen molar-refractivity contribution in [3.8, 4) is 0 Å². The van der Waals surface area contributed by atoms with Crippen molar-refractivity contribution in [2.24, 2.45) is 0 Å². The smallest absolute Gasteiger partial charge is 0.264 e. The van der Waals surface area contributed by atoms with Crippen LogP contribution in [0.25, 0.3) is 0 Å². The Morgan fingerprint density at radius 2 is 1.64 bits per heavy atom. The maximum atomic E-state index is 13.5. The average Bonchev–Trinajstić information content (AvgIpc) is 2.87. The van der Waals surface area contributed by atoms with Gasteiger partial charge < -0.3 is 5.32 Å². The van der Waals surface area contributed by atoms with Crippen molar-refractivity contribution in [1.29, 1.82) is 0 Å². The van der Waals surface area contributed by atoms with Crippen molar-refractivity contribution in [2.75, 3.05) is 23.9 Å². The van der Waals surface area contributed by atoms with Gasteiger partial charge in [-0.15, -0.1) is 0 Å². The van der Waals surface area contributed by atoms with E-state index in [1.807, 2.05) is 25.1 Å². The molecule has 0 aliphatic carbocycles. The predicted octanol–water partition coefficient (Wildman–Crippen LogP) is 5.15. The Kier molecular flexibility index (Phi) is 8.67. The number of amides is 1. The third-order valence-corrected chi connectivity index (χ3v) is 8.35. The van der Waals surface area contributed by atoms with Crippen LogP contribution in [-0.4, -0.2) is 38.9 Å². The minimum Gasteiger partial charge on any atom is -0.350 e. The fourth-order valence-electron chi connectivity index (χ4n) is 4.43. The van der Waals surface area contributed by atoms with Crippen LogP contribution in [0.15, 0.2) is 77.7 Å². The van der Waals surface area contributed by atoms with Crippen molar-refractivity contribution in [3.05, 3.63) is 94.5 Å². The highest BCUT2D eigenvalue weighted by atomic mass is 35.5. The summed E-state index contributed by atoms with van der Waals surface area (Å²) in [5.41, 5.74) is 3.54. The number of carbonyl (C=O) groups is 1. The first-order valence-electron chi connectivity index (χ1n) is 12.2. The van der Waals surface area contributed by atoms with Gasteiger partial charge in [-0.3, -0.25) is 14.0 Å². The van der Waals surface area contributed by atoms with Crippen molar-refractivity contribution in [3.63, 3.8) is 0 Å². The molecule has 0 spiro atoms. The molecule has 0 radical (unpaired) electrons. The molecular weight excluding hydrogens is 494 g/mol. The van der Waals surface area contributed by atoms with Gasteiger partial charge in [0.2, 0.25) is 5.91 Å². The summed E-state index contributed by atoms with van der Waals surface area (Å²) >= 11 is 5.95. The van der Waals surface area contributed by atoms with Crippen LogP contribution in [0, 0.1) is 6.92 Å². The van der Waals surface area contributed by atoms with Gasteiger partial charge in [0, 0.05) is 18.1 Å². The molecule has 0 aromatic heterocycles. The van der Waals surface area contributed by atoms with E-state index in [0.717, 1.165) is 35.1 Å². The topological polar surface area (TPSA) is 69.7 Å². The van der Waals surface area contributed by atoms with Gasteiger partial charge >= 0.3 is 0 Å². The molecule has 1 amide bonds. The predicted molar refractivity (Wildman–Crippen MR) is 145 cm³/mol. The number of anilines is 1. The lowest BCUT2D eigenvalue weighted by Gasteiger charge is -2.26. The summed E-state index contributed by atoms with van der Waals surface area (Å²) < 4.78 is 28.1. The molecule has 6 nitrogen and oxygen atoms in total. The second kappa shape index (κ2) is 11.9. The van der Waals surface area contributed by atoms with E-state index < -0.39 is 10.0 Å². The molecular formula is C28H32ClN3O3S. The van der Waals surface area contributed by atoms with Crippen LogP contribution in [0.3, 0.4) is 0 Å².